The maximum atomic E-state index is 3.48. The molecule has 23 heavy (non-hydrogen) atoms. The van der Waals surface area contributed by atoms with E-state index in [1.165, 1.54) is 58.0 Å². The van der Waals surface area contributed by atoms with Gasteiger partial charge in [0.25, 0.3) is 0 Å². The summed E-state index contributed by atoms with van der Waals surface area (Å²) in [7, 11) is 0. The highest BCUT2D eigenvalue weighted by Gasteiger charge is 2.30. The number of rotatable bonds is 3. The summed E-state index contributed by atoms with van der Waals surface area (Å²) in [5.41, 5.74) is 3.68. The molecule has 0 spiro atoms. The summed E-state index contributed by atoms with van der Waals surface area (Å²) in [4.78, 5) is 0. The second-order valence-electron chi connectivity index (χ2n) is 9.06. The van der Waals surface area contributed by atoms with Crippen LogP contribution in [0.5, 0.6) is 0 Å². The van der Waals surface area contributed by atoms with Crippen LogP contribution >= 0.6 is 0 Å². The fourth-order valence-electron chi connectivity index (χ4n) is 4.69. The lowest BCUT2D eigenvalue weighted by molar-refractivity contribution is 0.169. The van der Waals surface area contributed by atoms with E-state index in [1.807, 2.05) is 0 Å². The van der Waals surface area contributed by atoms with Gasteiger partial charge in [0.2, 0.25) is 0 Å². The summed E-state index contributed by atoms with van der Waals surface area (Å²) in [5.74, 6) is 2.61. The van der Waals surface area contributed by atoms with E-state index in [9.17, 15) is 0 Å². The van der Waals surface area contributed by atoms with Crippen molar-refractivity contribution in [3.63, 3.8) is 0 Å². The van der Waals surface area contributed by atoms with Gasteiger partial charge in [0.15, 0.2) is 0 Å². The van der Waals surface area contributed by atoms with Gasteiger partial charge in [0, 0.05) is 0 Å². The van der Waals surface area contributed by atoms with E-state index < -0.39 is 0 Å². The first kappa shape index (κ1) is 17.0. The van der Waals surface area contributed by atoms with Crippen LogP contribution in [0.1, 0.15) is 76.3 Å². The van der Waals surface area contributed by atoms with E-state index >= 15 is 0 Å². The Bertz CT molecular complexity index is 485. The van der Waals surface area contributed by atoms with Crippen LogP contribution in [0.2, 0.25) is 0 Å². The SMILES string of the molecule is CC(C)(C)C1CCC(c2cccc(CC3CCNCC3)c2)CC1. The Hall–Kier alpha value is -0.820. The minimum absolute atomic E-state index is 0.488. The smallest absolute Gasteiger partial charge is 0.00462 e. The Morgan fingerprint density at radius 2 is 1.65 bits per heavy atom. The molecular weight excluding hydrogens is 278 g/mol. The van der Waals surface area contributed by atoms with Crippen LogP contribution in [-0.4, -0.2) is 13.1 Å². The zero-order valence-corrected chi connectivity index (χ0v) is 15.4. The normalized spacial score (nSPS) is 27.1. The molecule has 1 heteroatoms. The van der Waals surface area contributed by atoms with Crippen molar-refractivity contribution in [3.05, 3.63) is 35.4 Å². The first-order valence-corrected chi connectivity index (χ1v) is 9.82. The van der Waals surface area contributed by atoms with Gasteiger partial charge in [0.05, 0.1) is 0 Å². The Labute approximate surface area is 143 Å². The van der Waals surface area contributed by atoms with Crippen molar-refractivity contribution < 1.29 is 0 Å². The second-order valence-corrected chi connectivity index (χ2v) is 9.06. The van der Waals surface area contributed by atoms with Crippen LogP contribution < -0.4 is 5.32 Å². The van der Waals surface area contributed by atoms with Crippen molar-refractivity contribution in [1.29, 1.82) is 0 Å². The van der Waals surface area contributed by atoms with Gasteiger partial charge in [0.1, 0.15) is 0 Å². The van der Waals surface area contributed by atoms with Crippen molar-refractivity contribution in [2.45, 2.75) is 71.6 Å². The molecule has 0 amide bonds. The molecule has 0 aromatic heterocycles. The predicted molar refractivity (Wildman–Crippen MR) is 99.9 cm³/mol. The standard InChI is InChI=1S/C22H35N/c1-22(2,3)21-9-7-19(8-10-21)20-6-4-5-18(16-20)15-17-11-13-23-14-12-17/h4-6,16-17,19,21,23H,7-15H2,1-3H3. The monoisotopic (exact) mass is 313 g/mol. The molecule has 3 rings (SSSR count). The Morgan fingerprint density at radius 1 is 0.957 bits per heavy atom. The van der Waals surface area contributed by atoms with E-state index in [2.05, 4.69) is 50.4 Å². The first-order chi connectivity index (χ1) is 11.0. The molecule has 1 aliphatic heterocycles. The Morgan fingerprint density at radius 3 is 2.30 bits per heavy atom. The summed E-state index contributed by atoms with van der Waals surface area (Å²) >= 11 is 0. The third kappa shape index (κ3) is 4.59. The minimum atomic E-state index is 0.488. The van der Waals surface area contributed by atoms with E-state index in [0.717, 1.165) is 17.8 Å². The molecule has 1 aromatic rings. The zero-order chi connectivity index (χ0) is 16.3. The fraction of sp³-hybridized carbons (Fsp3) is 0.727. The molecular formula is C22H35N. The average Bonchev–Trinajstić information content (AvgIpc) is 2.55. The molecule has 0 bridgehead atoms. The number of piperidine rings is 1. The van der Waals surface area contributed by atoms with E-state index in [0.29, 0.717) is 5.41 Å². The third-order valence-corrected chi connectivity index (χ3v) is 6.36. The number of benzene rings is 1. The first-order valence-electron chi connectivity index (χ1n) is 9.82. The zero-order valence-electron chi connectivity index (χ0n) is 15.4. The highest BCUT2D eigenvalue weighted by molar-refractivity contribution is 5.27. The third-order valence-electron chi connectivity index (χ3n) is 6.36. The number of hydrogen-bond donors (Lipinski definition) is 1. The van der Waals surface area contributed by atoms with Gasteiger partial charge in [-0.15, -0.1) is 0 Å². The summed E-state index contributed by atoms with van der Waals surface area (Å²) in [5, 5.41) is 3.48. The van der Waals surface area contributed by atoms with Crippen LogP contribution in [-0.2, 0) is 6.42 Å². The molecule has 1 N–H and O–H groups in total. The van der Waals surface area contributed by atoms with Gasteiger partial charge in [-0.1, -0.05) is 45.0 Å². The molecule has 1 aromatic carbocycles. The average molecular weight is 314 g/mol. The van der Waals surface area contributed by atoms with Crippen LogP contribution in [0.15, 0.2) is 24.3 Å². The van der Waals surface area contributed by atoms with E-state index in [-0.39, 0.29) is 0 Å². The van der Waals surface area contributed by atoms with Crippen molar-refractivity contribution in [1.82, 2.24) is 5.32 Å². The fourth-order valence-corrected chi connectivity index (χ4v) is 4.69. The molecule has 128 valence electrons. The summed E-state index contributed by atoms with van der Waals surface area (Å²) < 4.78 is 0. The van der Waals surface area contributed by atoms with Crippen molar-refractivity contribution in [2.24, 2.45) is 17.3 Å². The molecule has 2 aliphatic rings. The summed E-state index contributed by atoms with van der Waals surface area (Å²) in [6.45, 7) is 9.66. The molecule has 1 nitrogen and oxygen atoms in total. The number of nitrogens with one attached hydrogen (secondary N) is 1. The lowest BCUT2D eigenvalue weighted by Gasteiger charge is -2.37. The topological polar surface area (TPSA) is 12.0 Å². The van der Waals surface area contributed by atoms with Gasteiger partial charge >= 0.3 is 0 Å². The minimum Gasteiger partial charge on any atom is -0.317 e. The van der Waals surface area contributed by atoms with Crippen molar-refractivity contribution in [2.75, 3.05) is 13.1 Å². The second kappa shape index (κ2) is 7.38. The van der Waals surface area contributed by atoms with Gasteiger partial charge in [-0.2, -0.15) is 0 Å². The molecule has 1 saturated carbocycles. The lowest BCUT2D eigenvalue weighted by Crippen LogP contribution is -2.28. The van der Waals surface area contributed by atoms with Crippen LogP contribution in [0.25, 0.3) is 0 Å². The van der Waals surface area contributed by atoms with Crippen LogP contribution in [0.4, 0.5) is 0 Å². The molecule has 1 heterocycles. The molecule has 2 fully saturated rings. The summed E-state index contributed by atoms with van der Waals surface area (Å²) in [6, 6.07) is 9.58. The number of hydrogen-bond acceptors (Lipinski definition) is 1. The van der Waals surface area contributed by atoms with Crippen molar-refractivity contribution in [3.8, 4) is 0 Å². The van der Waals surface area contributed by atoms with Crippen LogP contribution in [0.3, 0.4) is 0 Å². The highest BCUT2D eigenvalue weighted by Crippen LogP contribution is 2.43. The highest BCUT2D eigenvalue weighted by atomic mass is 14.9. The van der Waals surface area contributed by atoms with E-state index in [4.69, 9.17) is 0 Å². The van der Waals surface area contributed by atoms with Gasteiger partial charge < -0.3 is 5.32 Å². The molecule has 1 aliphatic carbocycles. The van der Waals surface area contributed by atoms with Gasteiger partial charge in [-0.05, 0) is 92.3 Å². The van der Waals surface area contributed by atoms with Crippen molar-refractivity contribution >= 4 is 0 Å². The predicted octanol–water partition coefficient (Wildman–Crippen LogP) is 5.55. The van der Waals surface area contributed by atoms with E-state index in [1.54, 1.807) is 11.1 Å². The quantitative estimate of drug-likeness (QED) is 0.771. The summed E-state index contributed by atoms with van der Waals surface area (Å²) in [6.07, 6.45) is 9.57. The molecule has 0 atom stereocenters. The van der Waals surface area contributed by atoms with Gasteiger partial charge in [-0.3, -0.25) is 0 Å². The molecule has 0 radical (unpaired) electrons. The lowest BCUT2D eigenvalue weighted by atomic mass is 9.68. The Kier molecular flexibility index (Phi) is 5.46. The maximum absolute atomic E-state index is 3.48. The molecule has 0 unspecified atom stereocenters. The Balaban J connectivity index is 1.59. The largest absolute Gasteiger partial charge is 0.317 e. The maximum Gasteiger partial charge on any atom is -0.00462 e. The van der Waals surface area contributed by atoms with Crippen LogP contribution in [0, 0.1) is 17.3 Å². The van der Waals surface area contributed by atoms with Gasteiger partial charge in [-0.25, -0.2) is 0 Å². The molecule has 1 saturated heterocycles.